The molecule has 2 saturated carbocycles. The van der Waals surface area contributed by atoms with Gasteiger partial charge in [0.05, 0.1) is 12.2 Å². The lowest BCUT2D eigenvalue weighted by Gasteiger charge is -2.18. The van der Waals surface area contributed by atoms with E-state index in [-0.39, 0.29) is 47.9 Å². The lowest BCUT2D eigenvalue weighted by atomic mass is 10.1. The van der Waals surface area contributed by atoms with Crippen LogP contribution in [0.25, 0.3) is 0 Å². The Morgan fingerprint density at radius 3 is 2.28 bits per heavy atom. The Kier molecular flexibility index (Phi) is 7.69. The first kappa shape index (κ1) is 20.2. The van der Waals surface area contributed by atoms with E-state index < -0.39 is 0 Å². The van der Waals surface area contributed by atoms with Crippen molar-refractivity contribution in [2.75, 3.05) is 6.61 Å². The summed E-state index contributed by atoms with van der Waals surface area (Å²) in [5.41, 5.74) is 0. The van der Waals surface area contributed by atoms with Crippen LogP contribution in [0, 0.1) is 11.8 Å². The van der Waals surface area contributed by atoms with Crippen molar-refractivity contribution in [3.63, 3.8) is 0 Å². The van der Waals surface area contributed by atoms with Gasteiger partial charge in [0.25, 0.3) is 0 Å². The number of rotatable bonds is 8. The van der Waals surface area contributed by atoms with E-state index >= 15 is 0 Å². The molecule has 6 nitrogen and oxygen atoms in total. The van der Waals surface area contributed by atoms with Gasteiger partial charge in [-0.2, -0.15) is 0 Å². The second-order valence-corrected chi connectivity index (χ2v) is 8.03. The van der Waals surface area contributed by atoms with Crippen molar-refractivity contribution in [2.24, 2.45) is 11.8 Å². The molecule has 0 heterocycles. The van der Waals surface area contributed by atoms with E-state index in [1.165, 1.54) is 0 Å². The Morgan fingerprint density at radius 2 is 1.64 bits per heavy atom. The van der Waals surface area contributed by atoms with E-state index in [1.54, 1.807) is 0 Å². The van der Waals surface area contributed by atoms with Crippen molar-refractivity contribution in [3.05, 3.63) is 0 Å². The second kappa shape index (κ2) is 9.53. The molecule has 0 aromatic rings. The van der Waals surface area contributed by atoms with Gasteiger partial charge in [0.15, 0.2) is 0 Å². The van der Waals surface area contributed by atoms with E-state index in [0.29, 0.717) is 19.4 Å². The number of carbonyl (C=O) groups is 2. The van der Waals surface area contributed by atoms with E-state index in [0.717, 1.165) is 32.1 Å². The number of nitrogens with one attached hydrogen (secondary N) is 2. The molecule has 25 heavy (non-hydrogen) atoms. The number of aliphatic hydroxyl groups excluding tert-OH is 1. The van der Waals surface area contributed by atoms with Crippen LogP contribution in [0.1, 0.15) is 65.7 Å². The van der Waals surface area contributed by atoms with Gasteiger partial charge in [0.2, 0.25) is 11.8 Å². The van der Waals surface area contributed by atoms with Gasteiger partial charge in [-0.25, -0.2) is 0 Å². The highest BCUT2D eigenvalue weighted by atomic mass is 16.5. The first-order valence-corrected chi connectivity index (χ1v) is 9.75. The molecule has 0 spiro atoms. The molecule has 0 bridgehead atoms. The van der Waals surface area contributed by atoms with Crippen molar-refractivity contribution >= 4 is 11.8 Å². The summed E-state index contributed by atoms with van der Waals surface area (Å²) in [6.07, 6.45) is 5.70. The molecule has 3 unspecified atom stereocenters. The average Bonchev–Trinajstić information content (AvgIpc) is 3.16. The summed E-state index contributed by atoms with van der Waals surface area (Å²) >= 11 is 0. The van der Waals surface area contributed by atoms with Crippen molar-refractivity contribution in [1.29, 1.82) is 0 Å². The largest absolute Gasteiger partial charge is 0.393 e. The zero-order valence-corrected chi connectivity index (χ0v) is 15.8. The molecule has 2 aliphatic rings. The fourth-order valence-corrected chi connectivity index (χ4v) is 3.57. The van der Waals surface area contributed by atoms with Gasteiger partial charge >= 0.3 is 0 Å². The molecular formula is C19H34N2O4. The molecule has 6 heteroatoms. The Labute approximate surface area is 151 Å². The van der Waals surface area contributed by atoms with Gasteiger partial charge in [-0.3, -0.25) is 9.59 Å². The SMILES string of the molecule is CC(C)C(=O)NC1CCC(OCCC(C)C(=O)N[C@@H]2CC[C@H](O)C2)C1. The number of aliphatic hydroxyl groups is 1. The maximum absolute atomic E-state index is 12.2. The number of hydrogen-bond acceptors (Lipinski definition) is 4. The Hall–Kier alpha value is -1.14. The van der Waals surface area contributed by atoms with Crippen LogP contribution in [-0.4, -0.2) is 47.8 Å². The Bertz CT molecular complexity index is 455. The third kappa shape index (κ3) is 6.59. The third-order valence-corrected chi connectivity index (χ3v) is 5.36. The zero-order valence-electron chi connectivity index (χ0n) is 15.8. The van der Waals surface area contributed by atoms with Gasteiger partial charge < -0.3 is 20.5 Å². The van der Waals surface area contributed by atoms with Crippen LogP contribution >= 0.6 is 0 Å². The molecule has 0 aliphatic heterocycles. The molecule has 2 amide bonds. The van der Waals surface area contributed by atoms with Gasteiger partial charge in [-0.15, -0.1) is 0 Å². The third-order valence-electron chi connectivity index (χ3n) is 5.36. The summed E-state index contributed by atoms with van der Waals surface area (Å²) in [6, 6.07) is 0.334. The van der Waals surface area contributed by atoms with E-state index in [4.69, 9.17) is 4.74 Å². The van der Waals surface area contributed by atoms with Crippen LogP contribution < -0.4 is 10.6 Å². The normalized spacial score (nSPS) is 30.4. The highest BCUT2D eigenvalue weighted by Gasteiger charge is 2.28. The van der Waals surface area contributed by atoms with Crippen molar-refractivity contribution < 1.29 is 19.4 Å². The lowest BCUT2D eigenvalue weighted by molar-refractivity contribution is -0.126. The topological polar surface area (TPSA) is 87.7 Å². The van der Waals surface area contributed by atoms with Gasteiger partial charge in [0, 0.05) is 30.5 Å². The van der Waals surface area contributed by atoms with Crippen molar-refractivity contribution in [3.8, 4) is 0 Å². The first-order chi connectivity index (χ1) is 11.8. The highest BCUT2D eigenvalue weighted by molar-refractivity contribution is 5.78. The standard InChI is InChI=1S/C19H34N2O4/c1-12(2)18(23)20-15-5-7-17(11-15)25-9-8-13(3)19(24)21-14-4-6-16(22)10-14/h12-17,22H,4-11H2,1-3H3,(H,20,23)(H,21,24)/t13?,14-,15?,16+,17?/m1/s1. The summed E-state index contributed by atoms with van der Waals surface area (Å²) in [7, 11) is 0. The smallest absolute Gasteiger partial charge is 0.223 e. The van der Waals surface area contributed by atoms with Crippen LogP contribution in [0.3, 0.4) is 0 Å². The molecule has 0 aromatic heterocycles. The minimum Gasteiger partial charge on any atom is -0.393 e. The van der Waals surface area contributed by atoms with E-state index in [1.807, 2.05) is 20.8 Å². The summed E-state index contributed by atoms with van der Waals surface area (Å²) < 4.78 is 5.91. The minimum atomic E-state index is -0.268. The molecule has 2 aliphatic carbocycles. The predicted molar refractivity (Wildman–Crippen MR) is 95.9 cm³/mol. The maximum atomic E-state index is 12.2. The summed E-state index contributed by atoms with van der Waals surface area (Å²) in [5.74, 6) is 0.0834. The zero-order chi connectivity index (χ0) is 18.4. The van der Waals surface area contributed by atoms with Crippen LogP contribution in [0.4, 0.5) is 0 Å². The summed E-state index contributed by atoms with van der Waals surface area (Å²) in [4.78, 5) is 23.9. The Morgan fingerprint density at radius 1 is 1.00 bits per heavy atom. The van der Waals surface area contributed by atoms with E-state index in [2.05, 4.69) is 10.6 Å². The fraction of sp³-hybridized carbons (Fsp3) is 0.895. The molecule has 2 rings (SSSR count). The van der Waals surface area contributed by atoms with Crippen LogP contribution in [0.2, 0.25) is 0 Å². The average molecular weight is 354 g/mol. The summed E-state index contributed by atoms with van der Waals surface area (Å²) in [5, 5.41) is 15.6. The second-order valence-electron chi connectivity index (χ2n) is 8.03. The van der Waals surface area contributed by atoms with Gasteiger partial charge in [0.1, 0.15) is 0 Å². The maximum Gasteiger partial charge on any atom is 0.223 e. The molecular weight excluding hydrogens is 320 g/mol. The predicted octanol–water partition coefficient (Wildman–Crippen LogP) is 1.75. The van der Waals surface area contributed by atoms with Crippen LogP contribution in [0.5, 0.6) is 0 Å². The molecule has 0 radical (unpaired) electrons. The lowest BCUT2D eigenvalue weighted by Crippen LogP contribution is -2.37. The Balaban J connectivity index is 1.59. The number of amides is 2. The fourth-order valence-electron chi connectivity index (χ4n) is 3.57. The first-order valence-electron chi connectivity index (χ1n) is 9.75. The molecule has 0 aromatic carbocycles. The molecule has 3 N–H and O–H groups in total. The van der Waals surface area contributed by atoms with Crippen molar-refractivity contribution in [2.45, 2.75) is 90.0 Å². The van der Waals surface area contributed by atoms with Gasteiger partial charge in [-0.1, -0.05) is 20.8 Å². The number of hydrogen-bond donors (Lipinski definition) is 3. The highest BCUT2D eigenvalue weighted by Crippen LogP contribution is 2.23. The minimum absolute atomic E-state index is 0.0142. The molecule has 0 saturated heterocycles. The van der Waals surface area contributed by atoms with E-state index in [9.17, 15) is 14.7 Å². The van der Waals surface area contributed by atoms with Crippen LogP contribution in [-0.2, 0) is 14.3 Å². The monoisotopic (exact) mass is 354 g/mol. The summed E-state index contributed by atoms with van der Waals surface area (Å²) in [6.45, 7) is 6.29. The molecule has 144 valence electrons. The molecule has 5 atom stereocenters. The van der Waals surface area contributed by atoms with Crippen molar-refractivity contribution in [1.82, 2.24) is 10.6 Å². The van der Waals surface area contributed by atoms with Crippen LogP contribution in [0.15, 0.2) is 0 Å². The quantitative estimate of drug-likeness (QED) is 0.620. The molecule has 2 fully saturated rings. The number of carbonyl (C=O) groups excluding carboxylic acids is 2. The van der Waals surface area contributed by atoms with Gasteiger partial charge in [-0.05, 0) is 44.9 Å². The number of ether oxygens (including phenoxy) is 1.